The van der Waals surface area contributed by atoms with Crippen molar-refractivity contribution in [1.82, 2.24) is 20.4 Å². The van der Waals surface area contributed by atoms with Crippen LogP contribution in [0, 0.1) is 11.8 Å². The molecule has 0 spiro atoms. The van der Waals surface area contributed by atoms with E-state index in [0.29, 0.717) is 49.7 Å². The highest BCUT2D eigenvalue weighted by Gasteiger charge is 2.42. The van der Waals surface area contributed by atoms with E-state index < -0.39 is 16.6 Å². The van der Waals surface area contributed by atoms with Crippen molar-refractivity contribution in [2.75, 3.05) is 0 Å². The highest BCUT2D eigenvalue weighted by Crippen LogP contribution is 2.32. The third-order valence-electron chi connectivity index (χ3n) is 9.55. The molecule has 2 rings (SSSR count). The summed E-state index contributed by atoms with van der Waals surface area (Å²) in [6, 6.07) is 1.82. The monoisotopic (exact) mass is 682 g/mol. The Morgan fingerprint density at radius 1 is 0.723 bits per heavy atom. The van der Waals surface area contributed by atoms with Gasteiger partial charge in [-0.2, -0.15) is 0 Å². The predicted octanol–water partition coefficient (Wildman–Crippen LogP) is 5.30. The third-order valence-corrected chi connectivity index (χ3v) is 17.1. The lowest BCUT2D eigenvalue weighted by Gasteiger charge is -2.34. The second-order valence-electron chi connectivity index (χ2n) is 15.4. The third kappa shape index (κ3) is 13.4. The lowest BCUT2D eigenvalue weighted by molar-refractivity contribution is -0.143. The van der Waals surface area contributed by atoms with Crippen molar-refractivity contribution in [2.24, 2.45) is 11.8 Å². The Kier molecular flexibility index (Phi) is 15.8. The normalized spacial score (nSPS) is 21.6. The Labute approximate surface area is 289 Å². The van der Waals surface area contributed by atoms with Crippen LogP contribution in [0.25, 0.3) is 0 Å². The minimum atomic E-state index is -2.01. The Bertz CT molecular complexity index is 1070. The molecule has 0 aromatic carbocycles. The number of rotatable bonds is 22. The number of nitrogens with one attached hydrogen (secondary N) is 2. The summed E-state index contributed by atoms with van der Waals surface area (Å²) in [6.45, 7) is 24.2. The summed E-state index contributed by atoms with van der Waals surface area (Å²) >= 11 is 0. The van der Waals surface area contributed by atoms with Crippen LogP contribution in [-0.4, -0.2) is 89.9 Å². The smallest absolute Gasteiger partial charge is 0.233 e. The molecule has 6 atom stereocenters. The number of imide groups is 2. The molecule has 260 valence electrons. The summed E-state index contributed by atoms with van der Waals surface area (Å²) in [4.78, 5) is 54.8. The maximum absolute atomic E-state index is 13.2. The molecule has 0 aliphatic carbocycles. The van der Waals surface area contributed by atoms with Crippen LogP contribution >= 0.6 is 0 Å². The zero-order valence-electron chi connectivity index (χ0n) is 30.5. The first kappa shape index (κ1) is 41.1. The number of hydrogen-bond donors (Lipinski definition) is 2. The summed E-state index contributed by atoms with van der Waals surface area (Å²) in [6.07, 6.45) is 6.70. The molecule has 0 aromatic rings. The molecule has 2 N–H and O–H groups in total. The molecule has 2 heterocycles. The summed E-state index contributed by atoms with van der Waals surface area (Å²) in [5, 5.41) is 6.15. The molecule has 4 radical (unpaired) electrons. The van der Waals surface area contributed by atoms with Gasteiger partial charge in [0.05, 0.1) is 0 Å². The molecule has 9 nitrogen and oxygen atoms in total. The predicted molar refractivity (Wildman–Crippen MR) is 196 cm³/mol. The van der Waals surface area contributed by atoms with E-state index in [9.17, 15) is 19.2 Å². The quantitative estimate of drug-likeness (QED) is 0.118. The molecule has 0 bridgehead atoms. The van der Waals surface area contributed by atoms with Gasteiger partial charge in [-0.05, 0) is 116 Å². The zero-order valence-corrected chi connectivity index (χ0v) is 32.5. The number of carbonyl (C=O) groups excluding carboxylic acids is 4. The maximum Gasteiger partial charge on any atom is 0.233 e. The fourth-order valence-corrected chi connectivity index (χ4v) is 16.1. The highest BCUT2D eigenvalue weighted by atomic mass is 28.4. The van der Waals surface area contributed by atoms with Crippen molar-refractivity contribution in [3.63, 3.8) is 0 Å². The van der Waals surface area contributed by atoms with Crippen LogP contribution in [0.1, 0.15) is 91.9 Å². The van der Waals surface area contributed by atoms with Crippen LogP contribution in [0.3, 0.4) is 0 Å². The fourth-order valence-electron chi connectivity index (χ4n) is 7.23. The Morgan fingerprint density at radius 3 is 1.38 bits per heavy atom. The molecule has 47 heavy (non-hydrogen) atoms. The van der Waals surface area contributed by atoms with Crippen molar-refractivity contribution in [1.29, 1.82) is 0 Å². The first-order valence-electron chi connectivity index (χ1n) is 17.6. The Balaban J connectivity index is 1.77. The zero-order chi connectivity index (χ0) is 35.7. The molecule has 2 fully saturated rings. The maximum atomic E-state index is 13.2. The lowest BCUT2D eigenvalue weighted by Crippen LogP contribution is -2.44. The second-order valence-corrected chi connectivity index (χ2v) is 24.3. The van der Waals surface area contributed by atoms with Gasteiger partial charge in [0.2, 0.25) is 23.6 Å². The lowest BCUT2D eigenvalue weighted by atomic mass is 10.0. The molecule has 2 saturated heterocycles. The van der Waals surface area contributed by atoms with Crippen molar-refractivity contribution in [3.05, 3.63) is 24.4 Å². The number of amides is 4. The molecule has 2 aliphatic heterocycles. The Morgan fingerprint density at radius 2 is 1.06 bits per heavy atom. The van der Waals surface area contributed by atoms with E-state index in [-0.39, 0.29) is 59.6 Å². The van der Waals surface area contributed by atoms with Crippen LogP contribution in [0.15, 0.2) is 24.4 Å². The van der Waals surface area contributed by atoms with Gasteiger partial charge in [0.25, 0.3) is 0 Å². The van der Waals surface area contributed by atoms with E-state index in [1.165, 1.54) is 9.80 Å². The van der Waals surface area contributed by atoms with Crippen LogP contribution in [-0.2, 0) is 23.3 Å². The SMILES string of the molecule is [B]C(=C)NC(C)CCC(C)N1C(=O)CC(CCC[Si](C)(C)O[Si](C)(C)CCCC2CC(=O)N(C(C)CCC(C)NC([B])=C)C2=O)C1=O. The summed E-state index contributed by atoms with van der Waals surface area (Å²) in [7, 11) is 7.24. The van der Waals surface area contributed by atoms with Gasteiger partial charge < -0.3 is 14.7 Å². The van der Waals surface area contributed by atoms with Crippen LogP contribution in [0.2, 0.25) is 38.3 Å². The number of hydrogen-bond acceptors (Lipinski definition) is 7. The van der Waals surface area contributed by atoms with Gasteiger partial charge in [-0.1, -0.05) is 26.0 Å². The molecule has 0 aromatic heterocycles. The van der Waals surface area contributed by atoms with Gasteiger partial charge in [-0.25, -0.2) is 0 Å². The summed E-state index contributed by atoms with van der Waals surface area (Å²) < 4.78 is 6.84. The molecular formula is C34H60B2N4O5Si2. The van der Waals surface area contributed by atoms with Gasteiger partial charge in [0.1, 0.15) is 15.7 Å². The number of carbonyl (C=O) groups is 4. The Hall–Kier alpha value is -2.12. The van der Waals surface area contributed by atoms with Crippen molar-refractivity contribution in [3.8, 4) is 0 Å². The minimum Gasteiger partial charge on any atom is -0.455 e. The van der Waals surface area contributed by atoms with E-state index in [4.69, 9.17) is 19.8 Å². The van der Waals surface area contributed by atoms with Gasteiger partial charge in [0, 0.05) is 48.8 Å². The van der Waals surface area contributed by atoms with E-state index >= 15 is 0 Å². The molecule has 0 saturated carbocycles. The fraction of sp³-hybridized carbons (Fsp3) is 0.765. The minimum absolute atomic E-state index is 0.0428. The standard InChI is InChI=1S/C34H60B2N4O5Si2/c1-23(37-27(5)35)15-17-25(3)39-31(41)21-29(33(39)43)13-11-19-46(7,8)45-47(9,10)20-12-14-30-22-32(42)40(34(30)44)26(4)18-16-24(2)38-28(6)36/h23-26,29-30,37-38H,5-6,11-22H2,1-4,7-10H3. The molecule has 13 heteroatoms. The van der Waals surface area contributed by atoms with Gasteiger partial charge >= 0.3 is 0 Å². The molecule has 4 amide bonds. The van der Waals surface area contributed by atoms with Gasteiger partial charge in [-0.3, -0.25) is 29.0 Å². The van der Waals surface area contributed by atoms with E-state index in [1.54, 1.807) is 0 Å². The first-order chi connectivity index (χ1) is 21.7. The van der Waals surface area contributed by atoms with E-state index in [2.05, 4.69) is 50.0 Å². The van der Waals surface area contributed by atoms with Gasteiger partial charge in [0.15, 0.2) is 16.6 Å². The average molecular weight is 683 g/mol. The van der Waals surface area contributed by atoms with Crippen LogP contribution in [0.5, 0.6) is 0 Å². The van der Waals surface area contributed by atoms with Crippen molar-refractivity contribution >= 4 is 56.0 Å². The summed E-state index contributed by atoms with van der Waals surface area (Å²) in [5.41, 5.74) is 0.836. The molecular weight excluding hydrogens is 622 g/mol. The molecule has 6 unspecified atom stereocenters. The van der Waals surface area contributed by atoms with E-state index in [0.717, 1.165) is 37.8 Å². The number of likely N-dealkylation sites (tertiary alicyclic amines) is 2. The van der Waals surface area contributed by atoms with Crippen molar-refractivity contribution < 1.29 is 23.3 Å². The largest absolute Gasteiger partial charge is 0.455 e. The van der Waals surface area contributed by atoms with Crippen molar-refractivity contribution in [2.45, 2.75) is 154 Å². The van der Waals surface area contributed by atoms with Crippen LogP contribution < -0.4 is 10.6 Å². The molecule has 2 aliphatic rings. The van der Waals surface area contributed by atoms with Crippen LogP contribution in [0.4, 0.5) is 0 Å². The topological polar surface area (TPSA) is 108 Å². The second kappa shape index (κ2) is 18.0. The van der Waals surface area contributed by atoms with Gasteiger partial charge in [-0.15, -0.1) is 0 Å². The summed E-state index contributed by atoms with van der Waals surface area (Å²) in [5.74, 6) is -0.728. The first-order valence-corrected chi connectivity index (χ1v) is 23.8. The number of nitrogens with zero attached hydrogens (tertiary/aromatic N) is 2. The van der Waals surface area contributed by atoms with E-state index in [1.807, 2.05) is 27.7 Å². The average Bonchev–Trinajstić information content (AvgIpc) is 3.36. The highest BCUT2D eigenvalue weighted by molar-refractivity contribution is 6.84.